The molecule has 0 aromatic rings. The second-order valence-corrected chi connectivity index (χ2v) is 7.42. The Bertz CT molecular complexity index is 330. The Kier molecular flexibility index (Phi) is 4.95. The smallest absolute Gasteiger partial charge is 0.410 e. The quantitative estimate of drug-likeness (QED) is 0.846. The van der Waals surface area contributed by atoms with Gasteiger partial charge in [-0.05, 0) is 52.4 Å². The van der Waals surface area contributed by atoms with Crippen LogP contribution in [0.4, 0.5) is 4.79 Å². The molecule has 116 valence electrons. The van der Waals surface area contributed by atoms with Crippen molar-refractivity contribution in [1.82, 2.24) is 10.2 Å². The SMILES string of the molecule is CC1CCCC1NC1CCN(C(=O)OC(C)(C)C)CC1. The molecule has 2 atom stereocenters. The summed E-state index contributed by atoms with van der Waals surface area (Å²) in [5.74, 6) is 0.805. The molecule has 1 saturated carbocycles. The molecule has 20 heavy (non-hydrogen) atoms. The minimum Gasteiger partial charge on any atom is -0.444 e. The number of nitrogens with one attached hydrogen (secondary N) is 1. The molecule has 0 bridgehead atoms. The summed E-state index contributed by atoms with van der Waals surface area (Å²) in [5, 5.41) is 3.80. The Hall–Kier alpha value is -0.770. The van der Waals surface area contributed by atoms with Crippen LogP contribution in [0, 0.1) is 5.92 Å². The lowest BCUT2D eigenvalue weighted by molar-refractivity contribution is 0.0194. The predicted molar refractivity (Wildman–Crippen MR) is 80.8 cm³/mol. The van der Waals surface area contributed by atoms with Gasteiger partial charge in [-0.1, -0.05) is 13.3 Å². The summed E-state index contributed by atoms with van der Waals surface area (Å²) in [6.07, 6.45) is 5.95. The number of amides is 1. The first-order valence-electron chi connectivity index (χ1n) is 8.09. The molecule has 0 aromatic heterocycles. The van der Waals surface area contributed by atoms with Gasteiger partial charge in [0.2, 0.25) is 0 Å². The number of carbonyl (C=O) groups is 1. The third-order valence-corrected chi connectivity index (χ3v) is 4.46. The summed E-state index contributed by atoms with van der Waals surface area (Å²) in [6.45, 7) is 9.73. The molecule has 2 fully saturated rings. The van der Waals surface area contributed by atoms with Crippen molar-refractivity contribution in [3.63, 3.8) is 0 Å². The van der Waals surface area contributed by atoms with Crippen LogP contribution in [-0.2, 0) is 4.74 Å². The number of likely N-dealkylation sites (tertiary alicyclic amines) is 1. The van der Waals surface area contributed by atoms with Crippen molar-refractivity contribution in [3.8, 4) is 0 Å². The van der Waals surface area contributed by atoms with Gasteiger partial charge in [0, 0.05) is 25.2 Å². The number of piperidine rings is 1. The molecule has 0 aromatic carbocycles. The van der Waals surface area contributed by atoms with Crippen molar-refractivity contribution < 1.29 is 9.53 Å². The van der Waals surface area contributed by atoms with E-state index in [1.807, 2.05) is 25.7 Å². The lowest BCUT2D eigenvalue weighted by Gasteiger charge is -2.35. The molecule has 2 aliphatic rings. The zero-order valence-electron chi connectivity index (χ0n) is 13.4. The van der Waals surface area contributed by atoms with Crippen molar-refractivity contribution in [2.24, 2.45) is 5.92 Å². The second kappa shape index (κ2) is 6.33. The fourth-order valence-corrected chi connectivity index (χ4v) is 3.25. The monoisotopic (exact) mass is 282 g/mol. The Morgan fingerprint density at radius 2 is 1.80 bits per heavy atom. The molecule has 1 amide bonds. The van der Waals surface area contributed by atoms with E-state index in [0.717, 1.165) is 31.8 Å². The van der Waals surface area contributed by atoms with Crippen molar-refractivity contribution >= 4 is 6.09 Å². The molecule has 2 unspecified atom stereocenters. The van der Waals surface area contributed by atoms with E-state index in [9.17, 15) is 4.79 Å². The zero-order chi connectivity index (χ0) is 14.8. The molecule has 0 spiro atoms. The van der Waals surface area contributed by atoms with Crippen molar-refractivity contribution in [2.45, 2.75) is 77.5 Å². The summed E-state index contributed by atoms with van der Waals surface area (Å²) in [6, 6.07) is 1.26. The summed E-state index contributed by atoms with van der Waals surface area (Å²) < 4.78 is 5.43. The molecule has 1 heterocycles. The van der Waals surface area contributed by atoms with Crippen molar-refractivity contribution in [3.05, 3.63) is 0 Å². The summed E-state index contributed by atoms with van der Waals surface area (Å²) in [5.41, 5.74) is -0.397. The number of rotatable bonds is 2. The lowest BCUT2D eigenvalue weighted by atomic mass is 10.0. The molecule has 4 heteroatoms. The first-order chi connectivity index (χ1) is 9.35. The maximum absolute atomic E-state index is 12.0. The number of ether oxygens (including phenoxy) is 1. The topological polar surface area (TPSA) is 41.6 Å². The average molecular weight is 282 g/mol. The Balaban J connectivity index is 1.73. The van der Waals surface area contributed by atoms with Crippen molar-refractivity contribution in [2.75, 3.05) is 13.1 Å². The van der Waals surface area contributed by atoms with Gasteiger partial charge in [-0.3, -0.25) is 0 Å². The van der Waals surface area contributed by atoms with Gasteiger partial charge in [0.15, 0.2) is 0 Å². The second-order valence-electron chi connectivity index (χ2n) is 7.42. The van der Waals surface area contributed by atoms with Gasteiger partial charge in [-0.25, -0.2) is 4.79 Å². The fourth-order valence-electron chi connectivity index (χ4n) is 3.25. The zero-order valence-corrected chi connectivity index (χ0v) is 13.4. The van der Waals surface area contributed by atoms with Gasteiger partial charge >= 0.3 is 6.09 Å². The molecular weight excluding hydrogens is 252 g/mol. The number of nitrogens with zero attached hydrogens (tertiary/aromatic N) is 1. The van der Waals surface area contributed by atoms with E-state index in [1.165, 1.54) is 19.3 Å². The largest absolute Gasteiger partial charge is 0.444 e. The highest BCUT2D eigenvalue weighted by Gasteiger charge is 2.30. The van der Waals surface area contributed by atoms with Gasteiger partial charge in [-0.2, -0.15) is 0 Å². The minimum atomic E-state index is -0.397. The van der Waals surface area contributed by atoms with E-state index in [1.54, 1.807) is 0 Å². The van der Waals surface area contributed by atoms with Crippen LogP contribution in [0.25, 0.3) is 0 Å². The number of carbonyl (C=O) groups excluding carboxylic acids is 1. The lowest BCUT2D eigenvalue weighted by Crippen LogP contribution is -2.49. The molecule has 4 nitrogen and oxygen atoms in total. The molecule has 2 rings (SSSR count). The predicted octanol–water partition coefficient (Wildman–Crippen LogP) is 3.16. The molecule has 1 saturated heterocycles. The van der Waals surface area contributed by atoms with E-state index >= 15 is 0 Å². The highest BCUT2D eigenvalue weighted by Crippen LogP contribution is 2.26. The maximum atomic E-state index is 12.0. The van der Waals surface area contributed by atoms with Gasteiger partial charge in [-0.15, -0.1) is 0 Å². The molecule has 0 radical (unpaired) electrons. The number of hydrogen-bond acceptors (Lipinski definition) is 3. The van der Waals surface area contributed by atoms with E-state index in [4.69, 9.17) is 4.74 Å². The molecular formula is C16H30N2O2. The van der Waals surface area contributed by atoms with Gasteiger partial charge in [0.25, 0.3) is 0 Å². The third kappa shape index (κ3) is 4.37. The standard InChI is InChI=1S/C16H30N2O2/c1-12-6-5-7-14(12)17-13-8-10-18(11-9-13)15(19)20-16(2,3)4/h12-14,17H,5-11H2,1-4H3. The third-order valence-electron chi connectivity index (χ3n) is 4.46. The van der Waals surface area contributed by atoms with Crippen LogP contribution >= 0.6 is 0 Å². The van der Waals surface area contributed by atoms with Crippen LogP contribution in [0.1, 0.15) is 59.8 Å². The number of hydrogen-bond donors (Lipinski definition) is 1. The Labute approximate surface area is 123 Å². The minimum absolute atomic E-state index is 0.162. The van der Waals surface area contributed by atoms with Crippen molar-refractivity contribution in [1.29, 1.82) is 0 Å². The Morgan fingerprint density at radius 3 is 2.30 bits per heavy atom. The fraction of sp³-hybridized carbons (Fsp3) is 0.938. The highest BCUT2D eigenvalue weighted by atomic mass is 16.6. The van der Waals surface area contributed by atoms with Crippen LogP contribution in [0.5, 0.6) is 0 Å². The van der Waals surface area contributed by atoms with Crippen LogP contribution in [0.3, 0.4) is 0 Å². The molecule has 1 N–H and O–H groups in total. The summed E-state index contributed by atoms with van der Waals surface area (Å²) in [4.78, 5) is 13.8. The highest BCUT2D eigenvalue weighted by molar-refractivity contribution is 5.68. The van der Waals surface area contributed by atoms with Crippen LogP contribution in [0.2, 0.25) is 0 Å². The Morgan fingerprint density at radius 1 is 1.15 bits per heavy atom. The average Bonchev–Trinajstić information content (AvgIpc) is 2.74. The summed E-state index contributed by atoms with van der Waals surface area (Å²) in [7, 11) is 0. The van der Waals surface area contributed by atoms with Gasteiger partial charge in [0.05, 0.1) is 0 Å². The van der Waals surface area contributed by atoms with Crippen LogP contribution < -0.4 is 5.32 Å². The van der Waals surface area contributed by atoms with E-state index in [2.05, 4.69) is 12.2 Å². The van der Waals surface area contributed by atoms with E-state index in [-0.39, 0.29) is 6.09 Å². The van der Waals surface area contributed by atoms with E-state index < -0.39 is 5.60 Å². The van der Waals surface area contributed by atoms with Gasteiger partial charge in [0.1, 0.15) is 5.60 Å². The van der Waals surface area contributed by atoms with E-state index in [0.29, 0.717) is 12.1 Å². The molecule has 1 aliphatic carbocycles. The normalized spacial score (nSPS) is 28.7. The van der Waals surface area contributed by atoms with Crippen LogP contribution in [0.15, 0.2) is 0 Å². The maximum Gasteiger partial charge on any atom is 0.410 e. The molecule has 1 aliphatic heterocycles. The first kappa shape index (κ1) is 15.6. The van der Waals surface area contributed by atoms with Crippen LogP contribution in [-0.4, -0.2) is 41.8 Å². The summed E-state index contributed by atoms with van der Waals surface area (Å²) >= 11 is 0. The first-order valence-corrected chi connectivity index (χ1v) is 8.09. The van der Waals surface area contributed by atoms with Gasteiger partial charge < -0.3 is 15.0 Å².